The van der Waals surface area contributed by atoms with Crippen LogP contribution in [0.2, 0.25) is 0 Å². The SMILES string of the molecule is CCc1cccc(CNC[C@@H](O)[C@H](Cc2cc(F)cc(F)c2)NC(=O)c2ccncc2N(CCCOC)S(C)(=O)=O)c1. The first-order chi connectivity index (χ1) is 20.0. The Morgan fingerprint density at radius 3 is 2.48 bits per heavy atom. The largest absolute Gasteiger partial charge is 0.390 e. The van der Waals surface area contributed by atoms with Crippen molar-refractivity contribution < 1.29 is 31.8 Å². The Balaban J connectivity index is 1.84. The molecule has 42 heavy (non-hydrogen) atoms. The lowest BCUT2D eigenvalue weighted by Crippen LogP contribution is -2.49. The van der Waals surface area contributed by atoms with E-state index in [0.29, 0.717) is 19.6 Å². The number of aliphatic hydroxyl groups excluding tert-OH is 1. The number of benzene rings is 2. The number of nitrogens with zero attached hydrogens (tertiary/aromatic N) is 2. The molecule has 3 rings (SSSR count). The van der Waals surface area contributed by atoms with Crippen LogP contribution in [-0.2, 0) is 34.1 Å². The van der Waals surface area contributed by atoms with Crippen molar-refractivity contribution >= 4 is 21.6 Å². The molecule has 0 radical (unpaired) electrons. The summed E-state index contributed by atoms with van der Waals surface area (Å²) in [6, 6.07) is 11.4. The van der Waals surface area contributed by atoms with E-state index in [2.05, 4.69) is 28.6 Å². The smallest absolute Gasteiger partial charge is 0.253 e. The minimum atomic E-state index is -3.79. The third kappa shape index (κ3) is 9.83. The summed E-state index contributed by atoms with van der Waals surface area (Å²) < 4.78 is 59.3. The number of amides is 1. The number of pyridine rings is 1. The van der Waals surface area contributed by atoms with Gasteiger partial charge in [-0.15, -0.1) is 0 Å². The van der Waals surface area contributed by atoms with E-state index in [0.717, 1.165) is 40.7 Å². The van der Waals surface area contributed by atoms with E-state index < -0.39 is 39.7 Å². The summed E-state index contributed by atoms with van der Waals surface area (Å²) >= 11 is 0. The van der Waals surface area contributed by atoms with Crippen LogP contribution in [0.3, 0.4) is 0 Å². The van der Waals surface area contributed by atoms with E-state index in [-0.39, 0.29) is 36.3 Å². The Morgan fingerprint density at radius 1 is 1.10 bits per heavy atom. The highest BCUT2D eigenvalue weighted by Gasteiger charge is 2.27. The average Bonchev–Trinajstić information content (AvgIpc) is 2.94. The number of carbonyl (C=O) groups excluding carboxylic acids is 1. The normalized spacial score (nSPS) is 13.0. The standard InChI is InChI=1S/C30H38F2N4O5S/c1-4-21-7-5-8-22(13-21)18-34-20-29(37)27(16-23-14-24(31)17-25(32)15-23)35-30(38)26-9-10-33-19-28(26)36(42(3,39)40)11-6-12-41-2/h5,7-10,13-15,17,19,27,29,34,37H,4,6,11-12,16,18,20H2,1-3H3,(H,35,38)/t27-,29+/m0/s1. The van der Waals surface area contributed by atoms with Crippen molar-refractivity contribution in [2.45, 2.75) is 44.9 Å². The number of hydrogen-bond donors (Lipinski definition) is 3. The number of sulfonamides is 1. The maximum atomic E-state index is 14.0. The molecule has 12 heteroatoms. The summed E-state index contributed by atoms with van der Waals surface area (Å²) in [6.45, 7) is 2.94. The molecule has 0 aliphatic heterocycles. The molecule has 0 fully saturated rings. The van der Waals surface area contributed by atoms with Crippen molar-refractivity contribution in [3.63, 3.8) is 0 Å². The molecule has 228 valence electrons. The minimum Gasteiger partial charge on any atom is -0.390 e. The van der Waals surface area contributed by atoms with Crippen molar-refractivity contribution in [3.05, 3.63) is 94.8 Å². The average molecular weight is 605 g/mol. The fraction of sp³-hybridized carbons (Fsp3) is 0.400. The molecule has 2 atom stereocenters. The van der Waals surface area contributed by atoms with E-state index in [1.54, 1.807) is 0 Å². The number of carbonyl (C=O) groups is 1. The van der Waals surface area contributed by atoms with Crippen LogP contribution in [0, 0.1) is 11.6 Å². The Bertz CT molecular complexity index is 1420. The van der Waals surface area contributed by atoms with E-state index in [9.17, 15) is 27.1 Å². The van der Waals surface area contributed by atoms with Gasteiger partial charge in [-0.2, -0.15) is 0 Å². The van der Waals surface area contributed by atoms with Crippen LogP contribution in [0.5, 0.6) is 0 Å². The third-order valence-electron chi connectivity index (χ3n) is 6.66. The second-order valence-corrected chi connectivity index (χ2v) is 11.9. The number of ether oxygens (including phenoxy) is 1. The molecule has 0 spiro atoms. The maximum Gasteiger partial charge on any atom is 0.253 e. The lowest BCUT2D eigenvalue weighted by atomic mass is 10.00. The molecule has 0 saturated heterocycles. The van der Waals surface area contributed by atoms with E-state index in [1.165, 1.54) is 31.1 Å². The van der Waals surface area contributed by atoms with Gasteiger partial charge in [-0.3, -0.25) is 14.1 Å². The van der Waals surface area contributed by atoms with Gasteiger partial charge < -0.3 is 20.5 Å². The highest BCUT2D eigenvalue weighted by atomic mass is 32.2. The zero-order valence-electron chi connectivity index (χ0n) is 24.0. The van der Waals surface area contributed by atoms with Gasteiger partial charge in [0.1, 0.15) is 11.6 Å². The van der Waals surface area contributed by atoms with Crippen LogP contribution in [-0.4, -0.2) is 69.6 Å². The molecule has 9 nitrogen and oxygen atoms in total. The molecular weight excluding hydrogens is 566 g/mol. The van der Waals surface area contributed by atoms with Gasteiger partial charge in [0.15, 0.2) is 0 Å². The zero-order chi connectivity index (χ0) is 30.7. The number of rotatable bonds is 16. The summed E-state index contributed by atoms with van der Waals surface area (Å²) in [4.78, 5) is 17.6. The van der Waals surface area contributed by atoms with Crippen LogP contribution in [0.1, 0.15) is 40.4 Å². The van der Waals surface area contributed by atoms with Gasteiger partial charge >= 0.3 is 0 Å². The maximum absolute atomic E-state index is 14.0. The van der Waals surface area contributed by atoms with Crippen LogP contribution in [0.15, 0.2) is 60.9 Å². The van der Waals surface area contributed by atoms with Crippen LogP contribution >= 0.6 is 0 Å². The Labute approximate surface area is 246 Å². The molecule has 0 aliphatic rings. The first-order valence-corrected chi connectivity index (χ1v) is 15.5. The third-order valence-corrected chi connectivity index (χ3v) is 7.84. The number of aryl methyl sites for hydroxylation is 1. The fourth-order valence-electron chi connectivity index (χ4n) is 4.57. The van der Waals surface area contributed by atoms with Crippen molar-refractivity contribution in [3.8, 4) is 0 Å². The zero-order valence-corrected chi connectivity index (χ0v) is 24.8. The predicted molar refractivity (Wildman–Crippen MR) is 158 cm³/mol. The number of anilines is 1. The number of aromatic nitrogens is 1. The summed E-state index contributed by atoms with van der Waals surface area (Å²) in [5.41, 5.74) is 2.50. The molecule has 1 amide bonds. The van der Waals surface area contributed by atoms with Gasteiger partial charge in [0.25, 0.3) is 5.91 Å². The van der Waals surface area contributed by atoms with Crippen molar-refractivity contribution in [1.82, 2.24) is 15.6 Å². The first kappa shape index (κ1) is 33.1. The molecular formula is C30H38F2N4O5S. The highest BCUT2D eigenvalue weighted by molar-refractivity contribution is 7.92. The molecule has 2 aromatic carbocycles. The minimum absolute atomic E-state index is 0.0137. The molecule has 0 saturated carbocycles. The Morgan fingerprint density at radius 2 is 1.81 bits per heavy atom. The lowest BCUT2D eigenvalue weighted by Gasteiger charge is -2.27. The number of methoxy groups -OCH3 is 1. The monoisotopic (exact) mass is 604 g/mol. The summed E-state index contributed by atoms with van der Waals surface area (Å²) in [7, 11) is -2.28. The Kier molecular flexibility index (Phi) is 12.3. The summed E-state index contributed by atoms with van der Waals surface area (Å²) in [5.74, 6) is -2.24. The molecule has 0 unspecified atom stereocenters. The molecule has 0 aliphatic carbocycles. The van der Waals surface area contributed by atoms with Crippen LogP contribution in [0.25, 0.3) is 0 Å². The fourth-order valence-corrected chi connectivity index (χ4v) is 5.54. The summed E-state index contributed by atoms with van der Waals surface area (Å²) in [5, 5.41) is 17.1. The van der Waals surface area contributed by atoms with Gasteiger partial charge in [-0.25, -0.2) is 17.2 Å². The molecule has 0 bridgehead atoms. The second kappa shape index (κ2) is 15.7. The van der Waals surface area contributed by atoms with Crippen molar-refractivity contribution in [2.75, 3.05) is 37.4 Å². The van der Waals surface area contributed by atoms with Gasteiger partial charge in [0, 0.05) is 45.6 Å². The van der Waals surface area contributed by atoms with Crippen LogP contribution < -0.4 is 14.9 Å². The van der Waals surface area contributed by atoms with E-state index >= 15 is 0 Å². The summed E-state index contributed by atoms with van der Waals surface area (Å²) in [6.07, 6.45) is 3.68. The lowest BCUT2D eigenvalue weighted by molar-refractivity contribution is 0.0830. The molecule has 3 aromatic rings. The van der Waals surface area contributed by atoms with E-state index in [1.807, 2.05) is 18.2 Å². The first-order valence-electron chi connectivity index (χ1n) is 13.6. The number of aliphatic hydroxyl groups is 1. The topological polar surface area (TPSA) is 121 Å². The van der Waals surface area contributed by atoms with Crippen molar-refractivity contribution in [2.24, 2.45) is 0 Å². The molecule has 1 heterocycles. The number of halogens is 2. The predicted octanol–water partition coefficient (Wildman–Crippen LogP) is 3.22. The van der Waals surface area contributed by atoms with E-state index in [4.69, 9.17) is 4.74 Å². The van der Waals surface area contributed by atoms with Crippen molar-refractivity contribution in [1.29, 1.82) is 0 Å². The van der Waals surface area contributed by atoms with Gasteiger partial charge in [-0.1, -0.05) is 31.2 Å². The quantitative estimate of drug-likeness (QED) is 0.215. The molecule has 1 aromatic heterocycles. The number of nitrogens with one attached hydrogen (secondary N) is 2. The van der Waals surface area contributed by atoms with Gasteiger partial charge in [0.05, 0.1) is 35.8 Å². The second-order valence-electron chi connectivity index (χ2n) is 10.0. The molecule has 3 N–H and O–H groups in total. The van der Waals surface area contributed by atoms with Crippen LogP contribution in [0.4, 0.5) is 14.5 Å². The number of hydrogen-bond acceptors (Lipinski definition) is 7. The van der Waals surface area contributed by atoms with Gasteiger partial charge in [-0.05, 0) is 54.2 Å². The van der Waals surface area contributed by atoms with Gasteiger partial charge in [0.2, 0.25) is 10.0 Å². The Hall–Kier alpha value is -3.45. The highest BCUT2D eigenvalue weighted by Crippen LogP contribution is 2.23.